The van der Waals surface area contributed by atoms with Crippen molar-refractivity contribution in [2.75, 3.05) is 25.1 Å². The average molecular weight is 439 g/mol. The first-order chi connectivity index (χ1) is 15.1. The van der Waals surface area contributed by atoms with Crippen molar-refractivity contribution in [2.45, 2.75) is 39.2 Å². The molecule has 2 heterocycles. The first kappa shape index (κ1) is 21.7. The number of halogens is 2. The smallest absolute Gasteiger partial charge is 0.143 e. The zero-order chi connectivity index (χ0) is 21.6. The molecule has 0 bridgehead atoms. The molecule has 3 aromatic rings. The highest BCUT2D eigenvalue weighted by molar-refractivity contribution is 6.30. The maximum atomic E-state index is 13.5. The lowest BCUT2D eigenvalue weighted by molar-refractivity contribution is 0.0640. The number of hydrogen-bond acceptors (Lipinski definition) is 2. The highest BCUT2D eigenvalue weighted by Gasteiger charge is 2.14. The predicted molar refractivity (Wildman–Crippen MR) is 126 cm³/mol. The summed E-state index contributed by atoms with van der Waals surface area (Å²) < 4.78 is 21.3. The second-order valence-electron chi connectivity index (χ2n) is 8.05. The normalized spacial score (nSPS) is 14.4. The molecule has 1 aromatic heterocycles. The Kier molecular flexibility index (Phi) is 7.17. The Balaban J connectivity index is 1.43. The standard InChI is InChI=1S/C26H28ClFN2O/c1-2-30-23(4-3-13-29-22-8-9-24(27)25(28)18-22)17-21-16-20(7-10-26(21)30)6-5-19-11-14-31-15-12-19/h7-10,16-19,29H,2,5-6,11-15H2,1H3. The number of rotatable bonds is 6. The molecule has 3 nitrogen and oxygen atoms in total. The van der Waals surface area contributed by atoms with Crippen molar-refractivity contribution in [1.82, 2.24) is 4.57 Å². The van der Waals surface area contributed by atoms with Crippen molar-refractivity contribution >= 4 is 28.2 Å². The van der Waals surface area contributed by atoms with Gasteiger partial charge in [-0.3, -0.25) is 0 Å². The average Bonchev–Trinajstić information content (AvgIpc) is 3.15. The van der Waals surface area contributed by atoms with Crippen LogP contribution in [0.3, 0.4) is 0 Å². The molecule has 0 amide bonds. The molecule has 1 saturated heterocycles. The van der Waals surface area contributed by atoms with Gasteiger partial charge in [0.05, 0.1) is 17.3 Å². The molecule has 1 aliphatic rings. The SMILES string of the molecule is CCn1c(C#CCNc2ccc(Cl)c(F)c2)cc2cc(CCC3CCOCC3)ccc21. The number of benzene rings is 2. The van der Waals surface area contributed by atoms with Gasteiger partial charge >= 0.3 is 0 Å². The zero-order valence-electron chi connectivity index (χ0n) is 17.9. The van der Waals surface area contributed by atoms with Crippen LogP contribution in [0.5, 0.6) is 0 Å². The number of hydrogen-bond donors (Lipinski definition) is 1. The predicted octanol–water partition coefficient (Wildman–Crippen LogP) is 6.28. The van der Waals surface area contributed by atoms with Gasteiger partial charge in [-0.25, -0.2) is 4.39 Å². The van der Waals surface area contributed by atoms with E-state index in [2.05, 4.69) is 52.9 Å². The van der Waals surface area contributed by atoms with E-state index < -0.39 is 5.82 Å². The summed E-state index contributed by atoms with van der Waals surface area (Å²) in [5, 5.41) is 4.48. The molecule has 0 spiro atoms. The van der Waals surface area contributed by atoms with Crippen LogP contribution in [-0.2, 0) is 17.7 Å². The summed E-state index contributed by atoms with van der Waals surface area (Å²) >= 11 is 5.73. The second-order valence-corrected chi connectivity index (χ2v) is 8.45. The summed E-state index contributed by atoms with van der Waals surface area (Å²) in [7, 11) is 0. The number of aryl methyl sites for hydroxylation is 2. The summed E-state index contributed by atoms with van der Waals surface area (Å²) in [6.45, 7) is 5.26. The van der Waals surface area contributed by atoms with Gasteiger partial charge in [-0.2, -0.15) is 0 Å². The lowest BCUT2D eigenvalue weighted by atomic mass is 9.92. The highest BCUT2D eigenvalue weighted by Crippen LogP contribution is 2.25. The van der Waals surface area contributed by atoms with Crippen molar-refractivity contribution in [3.63, 3.8) is 0 Å². The minimum Gasteiger partial charge on any atom is -0.381 e. The van der Waals surface area contributed by atoms with Crippen LogP contribution in [0, 0.1) is 23.6 Å². The van der Waals surface area contributed by atoms with E-state index in [1.165, 1.54) is 41.8 Å². The molecule has 1 aliphatic heterocycles. The maximum absolute atomic E-state index is 13.5. The third kappa shape index (κ3) is 5.42. The van der Waals surface area contributed by atoms with Gasteiger partial charge in [0.15, 0.2) is 0 Å². The van der Waals surface area contributed by atoms with E-state index in [0.29, 0.717) is 12.2 Å². The van der Waals surface area contributed by atoms with E-state index in [0.717, 1.165) is 37.8 Å². The molecule has 1 fully saturated rings. The first-order valence-electron chi connectivity index (χ1n) is 11.0. The molecule has 0 saturated carbocycles. The van der Waals surface area contributed by atoms with E-state index in [4.69, 9.17) is 16.3 Å². The monoisotopic (exact) mass is 438 g/mol. The van der Waals surface area contributed by atoms with Crippen molar-refractivity contribution in [3.05, 3.63) is 64.6 Å². The number of anilines is 1. The minimum atomic E-state index is -0.432. The fraction of sp³-hybridized carbons (Fsp3) is 0.385. The first-order valence-corrected chi connectivity index (χ1v) is 11.4. The lowest BCUT2D eigenvalue weighted by Gasteiger charge is -2.21. The van der Waals surface area contributed by atoms with E-state index in [-0.39, 0.29) is 5.02 Å². The van der Waals surface area contributed by atoms with Crippen LogP contribution < -0.4 is 5.32 Å². The molecule has 0 radical (unpaired) electrons. The second kappa shape index (κ2) is 10.2. The number of nitrogens with one attached hydrogen (secondary N) is 1. The van der Waals surface area contributed by atoms with Crippen molar-refractivity contribution in [3.8, 4) is 11.8 Å². The van der Waals surface area contributed by atoms with Crippen LogP contribution in [0.2, 0.25) is 5.02 Å². The van der Waals surface area contributed by atoms with Gasteiger partial charge in [0.2, 0.25) is 0 Å². The van der Waals surface area contributed by atoms with E-state index in [1.807, 2.05) is 0 Å². The minimum absolute atomic E-state index is 0.122. The number of ether oxygens (including phenoxy) is 1. The lowest BCUT2D eigenvalue weighted by Crippen LogP contribution is -2.16. The van der Waals surface area contributed by atoms with Gasteiger partial charge in [-0.1, -0.05) is 23.6 Å². The van der Waals surface area contributed by atoms with E-state index in [1.54, 1.807) is 12.1 Å². The Labute approximate surface area is 188 Å². The molecule has 2 aromatic carbocycles. The largest absolute Gasteiger partial charge is 0.381 e. The maximum Gasteiger partial charge on any atom is 0.143 e. The Morgan fingerprint density at radius 1 is 1.16 bits per heavy atom. The molecule has 0 unspecified atom stereocenters. The van der Waals surface area contributed by atoms with Gasteiger partial charge in [0, 0.05) is 36.3 Å². The fourth-order valence-corrected chi connectivity index (χ4v) is 4.33. The van der Waals surface area contributed by atoms with Crippen LogP contribution in [0.4, 0.5) is 10.1 Å². The third-order valence-electron chi connectivity index (χ3n) is 5.98. The van der Waals surface area contributed by atoms with Crippen molar-refractivity contribution in [1.29, 1.82) is 0 Å². The summed E-state index contributed by atoms with van der Waals surface area (Å²) in [5.41, 5.74) is 4.28. The van der Waals surface area contributed by atoms with Crippen LogP contribution >= 0.6 is 11.6 Å². The van der Waals surface area contributed by atoms with Gasteiger partial charge in [-0.05, 0) is 86.4 Å². The molecule has 1 N–H and O–H groups in total. The molecule has 5 heteroatoms. The highest BCUT2D eigenvalue weighted by atomic mass is 35.5. The number of nitrogens with zero attached hydrogens (tertiary/aromatic N) is 1. The molecule has 0 atom stereocenters. The fourth-order valence-electron chi connectivity index (χ4n) is 4.21. The molecule has 31 heavy (non-hydrogen) atoms. The van der Waals surface area contributed by atoms with Crippen LogP contribution in [0.1, 0.15) is 37.4 Å². The quantitative estimate of drug-likeness (QED) is 0.458. The summed E-state index contributed by atoms with van der Waals surface area (Å²) in [4.78, 5) is 0. The van der Waals surface area contributed by atoms with Crippen LogP contribution in [-0.4, -0.2) is 24.3 Å². The Morgan fingerprint density at radius 3 is 2.77 bits per heavy atom. The number of aromatic nitrogens is 1. The Bertz CT molecular complexity index is 1110. The van der Waals surface area contributed by atoms with Crippen LogP contribution in [0.25, 0.3) is 10.9 Å². The Hall–Kier alpha value is -2.48. The van der Waals surface area contributed by atoms with Gasteiger partial charge in [0.1, 0.15) is 5.82 Å². The zero-order valence-corrected chi connectivity index (χ0v) is 18.6. The Morgan fingerprint density at radius 2 is 2.00 bits per heavy atom. The molecule has 0 aliphatic carbocycles. The third-order valence-corrected chi connectivity index (χ3v) is 6.29. The van der Waals surface area contributed by atoms with Gasteiger partial charge in [-0.15, -0.1) is 0 Å². The molecular formula is C26H28ClFN2O. The summed E-state index contributed by atoms with van der Waals surface area (Å²) in [6.07, 6.45) is 4.71. The molecule has 162 valence electrons. The van der Waals surface area contributed by atoms with Gasteiger partial charge in [0.25, 0.3) is 0 Å². The van der Waals surface area contributed by atoms with Crippen molar-refractivity contribution in [2.24, 2.45) is 5.92 Å². The topological polar surface area (TPSA) is 26.2 Å². The van der Waals surface area contributed by atoms with E-state index in [9.17, 15) is 4.39 Å². The van der Waals surface area contributed by atoms with Crippen molar-refractivity contribution < 1.29 is 9.13 Å². The molecule has 4 rings (SSSR count). The van der Waals surface area contributed by atoms with E-state index >= 15 is 0 Å². The molecular weight excluding hydrogens is 411 g/mol. The van der Waals surface area contributed by atoms with Crippen LogP contribution in [0.15, 0.2) is 42.5 Å². The van der Waals surface area contributed by atoms with Gasteiger partial charge < -0.3 is 14.6 Å². The summed E-state index contributed by atoms with van der Waals surface area (Å²) in [5.74, 6) is 6.78. The number of fused-ring (bicyclic) bond motifs is 1. The summed E-state index contributed by atoms with van der Waals surface area (Å²) in [6, 6.07) is 13.6.